The van der Waals surface area contributed by atoms with Crippen LogP contribution in [0.5, 0.6) is 0 Å². The number of nitriles is 3. The van der Waals surface area contributed by atoms with Gasteiger partial charge in [-0.05, 0) is 82.4 Å². The Morgan fingerprint density at radius 1 is 0.364 bits per heavy atom. The molecule has 0 aliphatic heterocycles. The quantitative estimate of drug-likeness (QED) is 0.177. The van der Waals surface area contributed by atoms with Crippen LogP contribution in [-0.4, -0.2) is 13.7 Å². The molecule has 0 unspecified atom stereocenters. The molecule has 0 fully saturated rings. The fourth-order valence-corrected chi connectivity index (χ4v) is 11.3. The zero-order valence-electron chi connectivity index (χ0n) is 36.0. The molecule has 0 bridgehead atoms. The Labute approximate surface area is 379 Å². The van der Waals surface area contributed by atoms with E-state index in [1.165, 1.54) is 22.3 Å². The number of benzene rings is 9. The summed E-state index contributed by atoms with van der Waals surface area (Å²) in [5.74, 6) is 0. The number of para-hydroxylation sites is 5. The van der Waals surface area contributed by atoms with E-state index < -0.39 is 0 Å². The maximum Gasteiger partial charge on any atom is 0.104 e. The number of aromatic nitrogens is 3. The van der Waals surface area contributed by atoms with Crippen molar-refractivity contribution >= 4 is 65.4 Å². The minimum Gasteiger partial charge on any atom is -0.307 e. The van der Waals surface area contributed by atoms with Crippen molar-refractivity contribution in [2.45, 2.75) is 19.3 Å². The summed E-state index contributed by atoms with van der Waals surface area (Å²) in [6.45, 7) is 4.57. The molecular formula is C60H36N6. The monoisotopic (exact) mass is 840 g/mol. The Hall–Kier alpha value is -9.15. The van der Waals surface area contributed by atoms with Gasteiger partial charge in [-0.25, -0.2) is 0 Å². The molecule has 6 nitrogen and oxygen atoms in total. The van der Waals surface area contributed by atoms with Crippen LogP contribution in [0.1, 0.15) is 41.7 Å². The number of hydrogen-bond donors (Lipinski definition) is 0. The van der Waals surface area contributed by atoms with E-state index in [9.17, 15) is 15.8 Å². The summed E-state index contributed by atoms with van der Waals surface area (Å²) in [5.41, 5.74) is 14.6. The van der Waals surface area contributed by atoms with Crippen molar-refractivity contribution < 1.29 is 0 Å². The van der Waals surface area contributed by atoms with E-state index >= 15 is 0 Å². The molecule has 1 aliphatic rings. The number of rotatable bonds is 4. The molecule has 0 saturated heterocycles. The molecule has 0 spiro atoms. The van der Waals surface area contributed by atoms with E-state index in [0.29, 0.717) is 39.3 Å². The molecule has 12 aromatic rings. The minimum absolute atomic E-state index is 0.306. The molecule has 3 aromatic heterocycles. The third-order valence-corrected chi connectivity index (χ3v) is 14.2. The second kappa shape index (κ2) is 13.7. The number of fused-ring (bicyclic) bond motifs is 12. The van der Waals surface area contributed by atoms with Crippen LogP contribution in [0, 0.1) is 34.0 Å². The zero-order chi connectivity index (χ0) is 44.4. The predicted octanol–water partition coefficient (Wildman–Crippen LogP) is 14.6. The van der Waals surface area contributed by atoms with Crippen LogP contribution in [0.15, 0.2) is 182 Å². The predicted molar refractivity (Wildman–Crippen MR) is 267 cm³/mol. The van der Waals surface area contributed by atoms with E-state index in [4.69, 9.17) is 0 Å². The standard InChI is InChI=1S/C60H36N6/c1-60(2)48-21-9-3-15-38(48)44-31-45-43-20-8-14-26-54(43)66(55(45)32-49(44)60)57-46(34-62)58(64-50-22-10-4-16-39(50)40-17-5-11-23-51(40)64)56(37-29-27-36(33-61)28-30-37)59(47(57)35-63)65-52-24-12-6-18-41(52)42-19-7-13-25-53(42)65/h3-32H,1-2H3. The van der Waals surface area contributed by atoms with E-state index in [-0.39, 0.29) is 5.41 Å². The maximum atomic E-state index is 12.1. The largest absolute Gasteiger partial charge is 0.307 e. The van der Waals surface area contributed by atoms with Crippen molar-refractivity contribution in [1.29, 1.82) is 15.8 Å². The van der Waals surface area contributed by atoms with E-state index in [1.54, 1.807) is 0 Å². The molecular weight excluding hydrogens is 805 g/mol. The SMILES string of the molecule is CC1(C)c2ccccc2-c2cc3c4ccccc4n(-c4c(C#N)c(-n5c6ccccc6c6ccccc65)c(-c5ccc(C#N)cc5)c(-n5c6ccccc6c6ccccc65)c4C#N)c3cc21. The topological polar surface area (TPSA) is 86.2 Å². The van der Waals surface area contributed by atoms with Crippen molar-refractivity contribution in [2.75, 3.05) is 0 Å². The second-order valence-corrected chi connectivity index (χ2v) is 17.8. The zero-order valence-corrected chi connectivity index (χ0v) is 36.0. The van der Waals surface area contributed by atoms with Gasteiger partial charge in [0.05, 0.1) is 61.8 Å². The lowest BCUT2D eigenvalue weighted by molar-refractivity contribution is 0.661. The summed E-state index contributed by atoms with van der Waals surface area (Å²) in [7, 11) is 0. The smallest absolute Gasteiger partial charge is 0.104 e. The summed E-state index contributed by atoms with van der Waals surface area (Å²) in [6, 6.07) is 70.4. The van der Waals surface area contributed by atoms with Crippen molar-refractivity contribution in [3.8, 4) is 57.5 Å². The molecule has 9 aromatic carbocycles. The van der Waals surface area contributed by atoms with Crippen LogP contribution in [0.4, 0.5) is 0 Å². The lowest BCUT2D eigenvalue weighted by atomic mass is 9.82. The van der Waals surface area contributed by atoms with Crippen LogP contribution in [0.3, 0.4) is 0 Å². The fourth-order valence-electron chi connectivity index (χ4n) is 11.3. The van der Waals surface area contributed by atoms with Gasteiger partial charge in [0.15, 0.2) is 0 Å². The molecule has 0 N–H and O–H groups in total. The summed E-state index contributed by atoms with van der Waals surface area (Å²) in [4.78, 5) is 0. The molecule has 13 rings (SSSR count). The molecule has 306 valence electrons. The van der Waals surface area contributed by atoms with Gasteiger partial charge in [-0.3, -0.25) is 0 Å². The molecule has 0 atom stereocenters. The second-order valence-electron chi connectivity index (χ2n) is 17.8. The van der Waals surface area contributed by atoms with E-state index in [2.05, 4.69) is 173 Å². The average molecular weight is 841 g/mol. The lowest BCUT2D eigenvalue weighted by Gasteiger charge is -2.26. The van der Waals surface area contributed by atoms with Gasteiger partial charge in [-0.2, -0.15) is 15.8 Å². The molecule has 0 amide bonds. The highest BCUT2D eigenvalue weighted by Crippen LogP contribution is 2.53. The van der Waals surface area contributed by atoms with E-state index in [0.717, 1.165) is 71.0 Å². The maximum absolute atomic E-state index is 12.1. The summed E-state index contributed by atoms with van der Waals surface area (Å²) in [6.07, 6.45) is 0. The number of nitrogens with zero attached hydrogens (tertiary/aromatic N) is 6. The Kier molecular flexibility index (Phi) is 7.75. The van der Waals surface area contributed by atoms with Crippen LogP contribution in [0.2, 0.25) is 0 Å². The summed E-state index contributed by atoms with van der Waals surface area (Å²) >= 11 is 0. The Bertz CT molecular complexity index is 3970. The fraction of sp³-hybridized carbons (Fsp3) is 0.0500. The summed E-state index contributed by atoms with van der Waals surface area (Å²) < 4.78 is 6.65. The highest BCUT2D eigenvalue weighted by Gasteiger charge is 2.38. The van der Waals surface area contributed by atoms with Gasteiger partial charge in [0.25, 0.3) is 0 Å². The van der Waals surface area contributed by atoms with Gasteiger partial charge in [-0.1, -0.05) is 141 Å². The van der Waals surface area contributed by atoms with Gasteiger partial charge in [0, 0.05) is 43.3 Å². The van der Waals surface area contributed by atoms with Gasteiger partial charge < -0.3 is 13.7 Å². The Morgan fingerprint density at radius 2 is 0.773 bits per heavy atom. The molecule has 0 radical (unpaired) electrons. The first-order valence-corrected chi connectivity index (χ1v) is 22.1. The lowest BCUT2D eigenvalue weighted by Crippen LogP contribution is -2.15. The summed E-state index contributed by atoms with van der Waals surface area (Å²) in [5, 5.41) is 40.6. The molecule has 0 saturated carbocycles. The minimum atomic E-state index is -0.306. The van der Waals surface area contributed by atoms with Gasteiger partial charge >= 0.3 is 0 Å². The van der Waals surface area contributed by atoms with Gasteiger partial charge in [0.2, 0.25) is 0 Å². The highest BCUT2D eigenvalue weighted by molar-refractivity contribution is 6.15. The van der Waals surface area contributed by atoms with Crippen LogP contribution >= 0.6 is 0 Å². The molecule has 6 heteroatoms. The molecule has 3 heterocycles. The Morgan fingerprint density at radius 3 is 1.23 bits per heavy atom. The van der Waals surface area contributed by atoms with Gasteiger partial charge in [0.1, 0.15) is 23.3 Å². The van der Waals surface area contributed by atoms with Crippen molar-refractivity contribution in [3.63, 3.8) is 0 Å². The van der Waals surface area contributed by atoms with Crippen LogP contribution in [0.25, 0.3) is 105 Å². The van der Waals surface area contributed by atoms with Crippen molar-refractivity contribution in [3.05, 3.63) is 210 Å². The van der Waals surface area contributed by atoms with Gasteiger partial charge in [-0.15, -0.1) is 0 Å². The van der Waals surface area contributed by atoms with Crippen LogP contribution in [-0.2, 0) is 5.41 Å². The van der Waals surface area contributed by atoms with E-state index in [1.807, 2.05) is 54.6 Å². The molecule has 66 heavy (non-hydrogen) atoms. The third-order valence-electron chi connectivity index (χ3n) is 14.2. The number of hydrogen-bond acceptors (Lipinski definition) is 3. The first kappa shape index (κ1) is 37.4. The first-order chi connectivity index (χ1) is 32.4. The third kappa shape index (κ3) is 4.86. The van der Waals surface area contributed by atoms with Crippen LogP contribution < -0.4 is 0 Å². The Balaban J connectivity index is 1.32. The molecule has 1 aliphatic carbocycles. The first-order valence-electron chi connectivity index (χ1n) is 22.1. The average Bonchev–Trinajstić information content (AvgIpc) is 4.06. The normalized spacial score (nSPS) is 12.8. The van der Waals surface area contributed by atoms with Crippen molar-refractivity contribution in [1.82, 2.24) is 13.7 Å². The van der Waals surface area contributed by atoms with Crippen molar-refractivity contribution in [2.24, 2.45) is 0 Å². The highest BCUT2D eigenvalue weighted by atomic mass is 15.1.